The molecule has 0 radical (unpaired) electrons. The van der Waals surface area contributed by atoms with Crippen LogP contribution in [0.1, 0.15) is 32.6 Å². The maximum absolute atomic E-state index is 5.88. The van der Waals surface area contributed by atoms with Gasteiger partial charge < -0.3 is 20.5 Å². The molecule has 94 valence electrons. The number of hydrogen-bond donors (Lipinski definition) is 2. The molecule has 0 amide bonds. The molecule has 3 N–H and O–H groups in total. The predicted octanol–water partition coefficient (Wildman–Crippen LogP) is 0.653. The first-order valence-corrected chi connectivity index (χ1v) is 6.35. The van der Waals surface area contributed by atoms with Crippen molar-refractivity contribution in [2.24, 2.45) is 5.73 Å². The van der Waals surface area contributed by atoms with E-state index >= 15 is 0 Å². The van der Waals surface area contributed by atoms with Crippen LogP contribution in [0.3, 0.4) is 0 Å². The van der Waals surface area contributed by atoms with Crippen molar-refractivity contribution in [3.8, 4) is 0 Å². The zero-order chi connectivity index (χ0) is 11.5. The third-order valence-corrected chi connectivity index (χ3v) is 3.85. The SMILES string of the molecule is CC1(CNC2(CN)CCCOC2)CCCO1. The number of nitrogens with two attached hydrogens (primary N) is 1. The fourth-order valence-electron chi connectivity index (χ4n) is 2.58. The van der Waals surface area contributed by atoms with E-state index < -0.39 is 0 Å². The highest BCUT2D eigenvalue weighted by molar-refractivity contribution is 4.94. The zero-order valence-corrected chi connectivity index (χ0v) is 10.3. The first-order chi connectivity index (χ1) is 7.68. The lowest BCUT2D eigenvalue weighted by Gasteiger charge is -2.39. The monoisotopic (exact) mass is 228 g/mol. The highest BCUT2D eigenvalue weighted by atomic mass is 16.5. The lowest BCUT2D eigenvalue weighted by Crippen LogP contribution is -2.59. The Morgan fingerprint density at radius 2 is 2.06 bits per heavy atom. The minimum Gasteiger partial charge on any atom is -0.379 e. The Balaban J connectivity index is 1.86. The first kappa shape index (κ1) is 12.3. The van der Waals surface area contributed by atoms with Crippen LogP contribution in [0.4, 0.5) is 0 Å². The summed E-state index contributed by atoms with van der Waals surface area (Å²) < 4.78 is 11.3. The molecular weight excluding hydrogens is 204 g/mol. The van der Waals surface area contributed by atoms with Gasteiger partial charge in [0, 0.05) is 26.3 Å². The summed E-state index contributed by atoms with van der Waals surface area (Å²) in [5.74, 6) is 0. The fraction of sp³-hybridized carbons (Fsp3) is 1.00. The molecular formula is C12H24N2O2. The van der Waals surface area contributed by atoms with Crippen molar-refractivity contribution in [2.75, 3.05) is 32.9 Å². The van der Waals surface area contributed by atoms with Crippen LogP contribution in [0.25, 0.3) is 0 Å². The molecule has 0 saturated carbocycles. The Hall–Kier alpha value is -0.160. The normalized spacial score (nSPS) is 40.1. The lowest BCUT2D eigenvalue weighted by molar-refractivity contribution is -0.0114. The summed E-state index contributed by atoms with van der Waals surface area (Å²) in [6, 6.07) is 0. The van der Waals surface area contributed by atoms with Crippen LogP contribution in [0.5, 0.6) is 0 Å². The van der Waals surface area contributed by atoms with Crippen molar-refractivity contribution < 1.29 is 9.47 Å². The summed E-state index contributed by atoms with van der Waals surface area (Å²) in [5.41, 5.74) is 5.86. The molecule has 0 aromatic heterocycles. The van der Waals surface area contributed by atoms with Crippen molar-refractivity contribution in [2.45, 2.75) is 43.7 Å². The second-order valence-electron chi connectivity index (χ2n) is 5.40. The molecule has 2 atom stereocenters. The van der Waals surface area contributed by atoms with Gasteiger partial charge in [-0.15, -0.1) is 0 Å². The van der Waals surface area contributed by atoms with Gasteiger partial charge in [-0.2, -0.15) is 0 Å². The Kier molecular flexibility index (Phi) is 3.85. The van der Waals surface area contributed by atoms with Gasteiger partial charge in [0.2, 0.25) is 0 Å². The second kappa shape index (κ2) is 5.00. The van der Waals surface area contributed by atoms with E-state index in [2.05, 4.69) is 12.2 Å². The van der Waals surface area contributed by atoms with E-state index in [0.717, 1.165) is 45.6 Å². The average Bonchev–Trinajstić information content (AvgIpc) is 2.76. The number of nitrogens with one attached hydrogen (secondary N) is 1. The van der Waals surface area contributed by atoms with Gasteiger partial charge >= 0.3 is 0 Å². The third-order valence-electron chi connectivity index (χ3n) is 3.85. The molecule has 0 aromatic carbocycles. The predicted molar refractivity (Wildman–Crippen MR) is 63.4 cm³/mol. The van der Waals surface area contributed by atoms with E-state index in [1.54, 1.807) is 0 Å². The smallest absolute Gasteiger partial charge is 0.0779 e. The largest absolute Gasteiger partial charge is 0.379 e. The zero-order valence-electron chi connectivity index (χ0n) is 10.3. The van der Waals surface area contributed by atoms with Crippen molar-refractivity contribution in [3.63, 3.8) is 0 Å². The van der Waals surface area contributed by atoms with Crippen molar-refractivity contribution in [1.29, 1.82) is 0 Å². The number of hydrogen-bond acceptors (Lipinski definition) is 4. The topological polar surface area (TPSA) is 56.5 Å². The Labute approximate surface area is 97.9 Å². The van der Waals surface area contributed by atoms with E-state index in [9.17, 15) is 0 Å². The van der Waals surface area contributed by atoms with Crippen molar-refractivity contribution >= 4 is 0 Å². The molecule has 4 heteroatoms. The van der Waals surface area contributed by atoms with Gasteiger partial charge in [-0.3, -0.25) is 0 Å². The van der Waals surface area contributed by atoms with Gasteiger partial charge in [0.25, 0.3) is 0 Å². The second-order valence-corrected chi connectivity index (χ2v) is 5.40. The standard InChI is InChI=1S/C12H24N2O2/c1-11(4-2-7-16-11)9-14-12(8-13)5-3-6-15-10-12/h14H,2-10,13H2,1H3. The Morgan fingerprint density at radius 3 is 2.62 bits per heavy atom. The quantitative estimate of drug-likeness (QED) is 0.742. The van der Waals surface area contributed by atoms with Crippen LogP contribution in [0.15, 0.2) is 0 Å². The minimum absolute atomic E-state index is 0.000380. The molecule has 0 bridgehead atoms. The van der Waals surface area contributed by atoms with Gasteiger partial charge in [-0.05, 0) is 32.6 Å². The van der Waals surface area contributed by atoms with Crippen LogP contribution < -0.4 is 11.1 Å². The number of ether oxygens (including phenoxy) is 2. The van der Waals surface area contributed by atoms with Crippen LogP contribution >= 0.6 is 0 Å². The Bertz CT molecular complexity index is 221. The lowest BCUT2D eigenvalue weighted by atomic mass is 9.91. The van der Waals surface area contributed by atoms with Crippen LogP contribution in [-0.2, 0) is 9.47 Å². The highest BCUT2D eigenvalue weighted by Crippen LogP contribution is 2.26. The molecule has 2 aliphatic rings. The Morgan fingerprint density at radius 1 is 1.25 bits per heavy atom. The van der Waals surface area contributed by atoms with Gasteiger partial charge in [0.05, 0.1) is 17.7 Å². The molecule has 2 unspecified atom stereocenters. The van der Waals surface area contributed by atoms with Gasteiger partial charge in [0.15, 0.2) is 0 Å². The summed E-state index contributed by atoms with van der Waals surface area (Å²) in [4.78, 5) is 0. The van der Waals surface area contributed by atoms with E-state index in [0.29, 0.717) is 6.54 Å². The van der Waals surface area contributed by atoms with Gasteiger partial charge in [-0.25, -0.2) is 0 Å². The van der Waals surface area contributed by atoms with E-state index in [1.165, 1.54) is 6.42 Å². The first-order valence-electron chi connectivity index (χ1n) is 6.35. The molecule has 16 heavy (non-hydrogen) atoms. The van der Waals surface area contributed by atoms with E-state index in [4.69, 9.17) is 15.2 Å². The molecule has 2 rings (SSSR count). The molecule has 2 saturated heterocycles. The third kappa shape index (κ3) is 2.74. The molecule has 2 fully saturated rings. The van der Waals surface area contributed by atoms with Crippen LogP contribution in [-0.4, -0.2) is 44.1 Å². The summed E-state index contributed by atoms with van der Waals surface area (Å²) in [5, 5.41) is 3.59. The summed E-state index contributed by atoms with van der Waals surface area (Å²) >= 11 is 0. The molecule has 2 aliphatic heterocycles. The molecule has 4 nitrogen and oxygen atoms in total. The highest BCUT2D eigenvalue weighted by Gasteiger charge is 2.36. The molecule has 0 aliphatic carbocycles. The van der Waals surface area contributed by atoms with E-state index in [-0.39, 0.29) is 11.1 Å². The summed E-state index contributed by atoms with van der Waals surface area (Å²) in [6.45, 7) is 6.21. The van der Waals surface area contributed by atoms with Gasteiger partial charge in [-0.1, -0.05) is 0 Å². The maximum atomic E-state index is 5.88. The van der Waals surface area contributed by atoms with Crippen molar-refractivity contribution in [3.05, 3.63) is 0 Å². The molecule has 0 spiro atoms. The molecule has 2 heterocycles. The van der Waals surface area contributed by atoms with Gasteiger partial charge in [0.1, 0.15) is 0 Å². The average molecular weight is 228 g/mol. The fourth-order valence-corrected chi connectivity index (χ4v) is 2.58. The summed E-state index contributed by atoms with van der Waals surface area (Å²) in [7, 11) is 0. The molecule has 0 aromatic rings. The van der Waals surface area contributed by atoms with Crippen molar-refractivity contribution in [1.82, 2.24) is 5.32 Å². The minimum atomic E-state index is -0.0206. The number of rotatable bonds is 4. The van der Waals surface area contributed by atoms with Crippen LogP contribution in [0, 0.1) is 0 Å². The van der Waals surface area contributed by atoms with E-state index in [1.807, 2.05) is 0 Å². The van der Waals surface area contributed by atoms with Crippen LogP contribution in [0.2, 0.25) is 0 Å². The summed E-state index contributed by atoms with van der Waals surface area (Å²) in [6.07, 6.45) is 4.52. The maximum Gasteiger partial charge on any atom is 0.0779 e.